The molecule has 3 aliphatic heterocycles. The number of likely N-dealkylation sites (tertiary alicyclic amines) is 1. The van der Waals surface area contributed by atoms with Gasteiger partial charge >= 0.3 is 0 Å². The second-order valence-electron chi connectivity index (χ2n) is 10.1. The average Bonchev–Trinajstić information content (AvgIpc) is 3.08. The molecule has 31 heavy (non-hydrogen) atoms. The number of benzene rings is 1. The molecule has 2 saturated heterocycles. The maximum absolute atomic E-state index is 12.9. The van der Waals surface area contributed by atoms with Gasteiger partial charge in [-0.3, -0.25) is 14.7 Å². The third kappa shape index (κ3) is 3.47. The highest BCUT2D eigenvalue weighted by molar-refractivity contribution is 5.99. The number of aromatic nitrogens is 1. The highest BCUT2D eigenvalue weighted by Gasteiger charge is 2.51. The molecule has 1 aromatic heterocycles. The predicted molar refractivity (Wildman–Crippen MR) is 118 cm³/mol. The number of carbonyl (C=O) groups excluding carboxylic acids is 1. The number of pyridine rings is 1. The second-order valence-corrected chi connectivity index (χ2v) is 10.1. The van der Waals surface area contributed by atoms with Gasteiger partial charge in [-0.25, -0.2) is 0 Å². The quantitative estimate of drug-likeness (QED) is 0.798. The van der Waals surface area contributed by atoms with Gasteiger partial charge < -0.3 is 15.3 Å². The van der Waals surface area contributed by atoms with Crippen LogP contribution in [0.4, 0.5) is 0 Å². The first-order chi connectivity index (χ1) is 15.1. The summed E-state index contributed by atoms with van der Waals surface area (Å²) in [7, 11) is 0. The summed E-state index contributed by atoms with van der Waals surface area (Å²) >= 11 is 0. The van der Waals surface area contributed by atoms with Crippen molar-refractivity contribution in [2.24, 2.45) is 5.41 Å². The molecular formula is C25H30N4O2. The number of fused-ring (bicyclic) bond motifs is 1. The van der Waals surface area contributed by atoms with E-state index in [0.29, 0.717) is 18.0 Å². The van der Waals surface area contributed by atoms with E-state index >= 15 is 0 Å². The number of amides is 1. The molecule has 6 heteroatoms. The van der Waals surface area contributed by atoms with Crippen molar-refractivity contribution in [2.45, 2.75) is 50.9 Å². The van der Waals surface area contributed by atoms with Crippen LogP contribution in [0.25, 0.3) is 11.3 Å². The van der Waals surface area contributed by atoms with Crippen LogP contribution in [0, 0.1) is 5.41 Å². The van der Waals surface area contributed by atoms with Crippen LogP contribution in [-0.4, -0.2) is 64.1 Å². The Morgan fingerprint density at radius 1 is 1.19 bits per heavy atom. The third-order valence-electron chi connectivity index (χ3n) is 7.63. The van der Waals surface area contributed by atoms with Crippen LogP contribution in [0.15, 0.2) is 36.5 Å². The van der Waals surface area contributed by atoms with Gasteiger partial charge in [-0.1, -0.05) is 6.07 Å². The molecule has 162 valence electrons. The lowest BCUT2D eigenvalue weighted by atomic mass is 9.62. The summed E-state index contributed by atoms with van der Waals surface area (Å²) < 4.78 is 0. The summed E-state index contributed by atoms with van der Waals surface area (Å²) in [5.41, 5.74) is 5.68. The molecule has 0 bridgehead atoms. The summed E-state index contributed by atoms with van der Waals surface area (Å²) in [4.78, 5) is 22.0. The highest BCUT2D eigenvalue weighted by atomic mass is 16.3. The molecule has 1 spiro atoms. The van der Waals surface area contributed by atoms with E-state index in [0.717, 1.165) is 80.8 Å². The third-order valence-corrected chi connectivity index (χ3v) is 7.63. The number of aliphatic hydroxyl groups is 1. The molecule has 2 aromatic rings. The Kier molecular flexibility index (Phi) is 4.63. The van der Waals surface area contributed by atoms with Crippen molar-refractivity contribution in [2.75, 3.05) is 26.2 Å². The molecule has 0 radical (unpaired) electrons. The maximum Gasteiger partial charge on any atom is 0.254 e. The summed E-state index contributed by atoms with van der Waals surface area (Å²) in [5.74, 6) is 0.171. The van der Waals surface area contributed by atoms with Crippen LogP contribution in [0.3, 0.4) is 0 Å². The summed E-state index contributed by atoms with van der Waals surface area (Å²) in [6.45, 7) is 5.77. The fourth-order valence-electron chi connectivity index (χ4n) is 6.10. The van der Waals surface area contributed by atoms with Gasteiger partial charge in [-0.2, -0.15) is 0 Å². The molecule has 0 unspecified atom stereocenters. The monoisotopic (exact) mass is 418 g/mol. The number of carbonyl (C=O) groups is 1. The fourth-order valence-corrected chi connectivity index (χ4v) is 6.10. The highest BCUT2D eigenvalue weighted by Crippen LogP contribution is 2.48. The molecule has 3 fully saturated rings. The fraction of sp³-hybridized carbons (Fsp3) is 0.520. The maximum atomic E-state index is 12.9. The SMILES string of the molecule is O=C1c2ccc(-c3cc(CN4CC5(CC(O)C5)C4)ccn3)cc2CN1[C@H]1CCCNC1. The van der Waals surface area contributed by atoms with Crippen LogP contribution in [0.1, 0.15) is 47.2 Å². The van der Waals surface area contributed by atoms with Crippen molar-refractivity contribution in [3.63, 3.8) is 0 Å². The van der Waals surface area contributed by atoms with Crippen LogP contribution in [0.2, 0.25) is 0 Å². The molecule has 1 amide bonds. The van der Waals surface area contributed by atoms with Crippen molar-refractivity contribution < 1.29 is 9.90 Å². The first kappa shape index (κ1) is 19.4. The normalized spacial score (nSPS) is 25.4. The average molecular weight is 419 g/mol. The van der Waals surface area contributed by atoms with Gasteiger partial charge in [0.25, 0.3) is 5.91 Å². The Bertz CT molecular complexity index is 1000. The number of piperidine rings is 1. The Labute approximate surface area is 183 Å². The minimum atomic E-state index is -0.0772. The van der Waals surface area contributed by atoms with E-state index in [9.17, 15) is 9.90 Å². The molecule has 4 aliphatic rings. The molecule has 1 atom stereocenters. The smallest absolute Gasteiger partial charge is 0.254 e. The molecule has 1 saturated carbocycles. The zero-order chi connectivity index (χ0) is 21.0. The summed E-state index contributed by atoms with van der Waals surface area (Å²) in [6, 6.07) is 10.8. The summed E-state index contributed by atoms with van der Waals surface area (Å²) in [6.07, 6.45) is 5.96. The lowest BCUT2D eigenvalue weighted by Crippen LogP contribution is -2.63. The lowest BCUT2D eigenvalue weighted by Gasteiger charge is -2.58. The molecule has 1 aromatic carbocycles. The van der Waals surface area contributed by atoms with E-state index in [1.807, 2.05) is 23.2 Å². The van der Waals surface area contributed by atoms with Crippen molar-refractivity contribution >= 4 is 5.91 Å². The minimum Gasteiger partial charge on any atom is -0.393 e. The van der Waals surface area contributed by atoms with Crippen LogP contribution >= 0.6 is 0 Å². The van der Waals surface area contributed by atoms with Crippen molar-refractivity contribution in [1.82, 2.24) is 20.1 Å². The van der Waals surface area contributed by atoms with Crippen molar-refractivity contribution in [3.8, 4) is 11.3 Å². The largest absolute Gasteiger partial charge is 0.393 e. The van der Waals surface area contributed by atoms with Gasteiger partial charge in [-0.05, 0) is 67.6 Å². The number of hydrogen-bond acceptors (Lipinski definition) is 5. The lowest BCUT2D eigenvalue weighted by molar-refractivity contribution is -0.131. The molecule has 1 aliphatic carbocycles. The van der Waals surface area contributed by atoms with E-state index < -0.39 is 0 Å². The second kappa shape index (κ2) is 7.40. The minimum absolute atomic E-state index is 0.0772. The van der Waals surface area contributed by atoms with Gasteiger partial charge in [-0.15, -0.1) is 0 Å². The predicted octanol–water partition coefficient (Wildman–Crippen LogP) is 2.41. The molecule has 6 nitrogen and oxygen atoms in total. The van der Waals surface area contributed by atoms with Crippen LogP contribution in [0.5, 0.6) is 0 Å². The molecule has 6 rings (SSSR count). The van der Waals surface area contributed by atoms with E-state index in [2.05, 4.69) is 33.4 Å². The number of aliphatic hydroxyl groups excluding tert-OH is 1. The first-order valence-corrected chi connectivity index (χ1v) is 11.6. The number of nitrogens with one attached hydrogen (secondary N) is 1. The zero-order valence-electron chi connectivity index (χ0n) is 17.9. The van der Waals surface area contributed by atoms with E-state index in [1.165, 1.54) is 5.56 Å². The van der Waals surface area contributed by atoms with Crippen molar-refractivity contribution in [1.29, 1.82) is 0 Å². The number of rotatable bonds is 4. The van der Waals surface area contributed by atoms with E-state index in [1.54, 1.807) is 0 Å². The molecule has 2 N–H and O–H groups in total. The summed E-state index contributed by atoms with van der Waals surface area (Å²) in [5, 5.41) is 13.0. The Hall–Kier alpha value is -2.28. The molecular weight excluding hydrogens is 388 g/mol. The Morgan fingerprint density at radius 3 is 2.84 bits per heavy atom. The molecule has 4 heterocycles. The topological polar surface area (TPSA) is 68.7 Å². The van der Waals surface area contributed by atoms with Crippen molar-refractivity contribution in [3.05, 3.63) is 53.2 Å². The Balaban J connectivity index is 1.16. The Morgan fingerprint density at radius 2 is 2.06 bits per heavy atom. The van der Waals surface area contributed by atoms with Gasteiger partial charge in [0.1, 0.15) is 0 Å². The van der Waals surface area contributed by atoms with Gasteiger partial charge in [0.2, 0.25) is 0 Å². The van der Waals surface area contributed by atoms with Crippen LogP contribution < -0.4 is 5.32 Å². The number of nitrogens with zero attached hydrogens (tertiary/aromatic N) is 3. The van der Waals surface area contributed by atoms with Crippen LogP contribution in [-0.2, 0) is 13.1 Å². The standard InChI is InChI=1S/C25H30N4O2/c30-21-10-25(11-21)15-28(16-25)13-17-5-7-27-23(8-17)18-3-4-22-19(9-18)14-29(24(22)31)20-2-1-6-26-12-20/h3-5,7-9,20-21,26,30H,1-2,6,10-16H2/t20-/m0/s1. The van der Waals surface area contributed by atoms with E-state index in [4.69, 9.17) is 0 Å². The van der Waals surface area contributed by atoms with Gasteiger partial charge in [0.05, 0.1) is 11.8 Å². The van der Waals surface area contributed by atoms with E-state index in [-0.39, 0.29) is 12.0 Å². The first-order valence-electron chi connectivity index (χ1n) is 11.6. The van der Waals surface area contributed by atoms with Gasteiger partial charge in [0.15, 0.2) is 0 Å². The van der Waals surface area contributed by atoms with Gasteiger partial charge in [0, 0.05) is 61.5 Å². The number of hydrogen-bond donors (Lipinski definition) is 2. The zero-order valence-corrected chi connectivity index (χ0v) is 17.9.